The van der Waals surface area contributed by atoms with Crippen molar-refractivity contribution in [3.8, 4) is 0 Å². The van der Waals surface area contributed by atoms with Crippen molar-refractivity contribution in [1.82, 2.24) is 0 Å². The van der Waals surface area contributed by atoms with Crippen molar-refractivity contribution < 1.29 is 8.83 Å². The molecule has 0 N–H and O–H groups in total. The molecule has 0 atom stereocenters. The summed E-state index contributed by atoms with van der Waals surface area (Å²) >= 11 is 0. The summed E-state index contributed by atoms with van der Waals surface area (Å²) in [6, 6.07) is 14.8. The van der Waals surface area contributed by atoms with Crippen molar-refractivity contribution in [1.29, 1.82) is 0 Å². The summed E-state index contributed by atoms with van der Waals surface area (Å²) in [7, 11) is 0. The Bertz CT molecular complexity index is 701. The molecule has 2 aromatic heterocycles. The normalized spacial score (nSPS) is 11.3. The van der Waals surface area contributed by atoms with Crippen LogP contribution >= 0.6 is 0 Å². The van der Waals surface area contributed by atoms with Gasteiger partial charge >= 0.3 is 0 Å². The molecule has 3 aromatic rings. The van der Waals surface area contributed by atoms with Gasteiger partial charge in [0.1, 0.15) is 23.0 Å². The number of benzene rings is 1. The minimum Gasteiger partial charge on any atom is -0.466 e. The fourth-order valence-corrected chi connectivity index (χ4v) is 3.05. The van der Waals surface area contributed by atoms with Crippen LogP contribution in [0.25, 0.3) is 0 Å². The Kier molecular flexibility index (Phi) is 3.46. The van der Waals surface area contributed by atoms with Crippen molar-refractivity contribution in [3.05, 3.63) is 82.2 Å². The number of hydrogen-bond acceptors (Lipinski definition) is 2. The topological polar surface area (TPSA) is 26.3 Å². The molecule has 1 aromatic carbocycles. The van der Waals surface area contributed by atoms with E-state index in [2.05, 4.69) is 36.4 Å². The molecular formula is C19H20O2. The van der Waals surface area contributed by atoms with Crippen LogP contribution in [0.3, 0.4) is 0 Å². The third-order valence-corrected chi connectivity index (χ3v) is 3.91. The van der Waals surface area contributed by atoms with Crippen molar-refractivity contribution in [3.63, 3.8) is 0 Å². The second-order valence-corrected chi connectivity index (χ2v) is 5.58. The van der Waals surface area contributed by atoms with E-state index in [4.69, 9.17) is 8.83 Å². The van der Waals surface area contributed by atoms with E-state index in [9.17, 15) is 0 Å². The Hall–Kier alpha value is -2.22. The number of hydrogen-bond donors (Lipinski definition) is 0. The highest BCUT2D eigenvalue weighted by molar-refractivity contribution is 5.46. The van der Waals surface area contributed by atoms with Crippen LogP contribution in [0.4, 0.5) is 0 Å². The molecule has 0 aliphatic rings. The maximum atomic E-state index is 5.75. The SMILES string of the molecule is Cc1cc(C(c2ccccc2)c2cc(C)oc2C)c(C)o1. The maximum Gasteiger partial charge on any atom is 0.105 e. The van der Waals surface area contributed by atoms with E-state index >= 15 is 0 Å². The standard InChI is InChI=1S/C19H20O2/c1-12-10-17(14(3)20-12)19(16-8-6-5-7-9-16)18-11-13(2)21-15(18)4/h5-11,19H,1-4H3. The monoisotopic (exact) mass is 280 g/mol. The lowest BCUT2D eigenvalue weighted by molar-refractivity contribution is 0.496. The maximum absolute atomic E-state index is 5.75. The molecule has 0 aliphatic heterocycles. The third kappa shape index (κ3) is 2.54. The van der Waals surface area contributed by atoms with Gasteiger partial charge in [-0.3, -0.25) is 0 Å². The molecule has 0 bridgehead atoms. The highest BCUT2D eigenvalue weighted by Gasteiger charge is 2.24. The molecule has 0 saturated carbocycles. The Morgan fingerprint density at radius 2 is 1.19 bits per heavy atom. The fourth-order valence-electron chi connectivity index (χ4n) is 3.05. The third-order valence-electron chi connectivity index (χ3n) is 3.91. The first kappa shape index (κ1) is 13.7. The molecule has 0 spiro atoms. The molecule has 0 unspecified atom stereocenters. The second-order valence-electron chi connectivity index (χ2n) is 5.58. The van der Waals surface area contributed by atoms with E-state index in [1.165, 1.54) is 16.7 Å². The van der Waals surface area contributed by atoms with Crippen molar-refractivity contribution in [2.75, 3.05) is 0 Å². The van der Waals surface area contributed by atoms with Gasteiger partial charge in [-0.2, -0.15) is 0 Å². The average molecular weight is 280 g/mol. The van der Waals surface area contributed by atoms with Crippen LogP contribution in [-0.2, 0) is 0 Å². The largest absolute Gasteiger partial charge is 0.466 e. The van der Waals surface area contributed by atoms with Crippen LogP contribution in [0.15, 0.2) is 51.3 Å². The molecule has 0 aliphatic carbocycles. The van der Waals surface area contributed by atoms with Gasteiger partial charge in [-0.15, -0.1) is 0 Å². The highest BCUT2D eigenvalue weighted by Crippen LogP contribution is 2.37. The van der Waals surface area contributed by atoms with Crippen molar-refractivity contribution >= 4 is 0 Å². The first-order valence-corrected chi connectivity index (χ1v) is 7.25. The lowest BCUT2D eigenvalue weighted by Crippen LogP contribution is -2.04. The molecule has 3 rings (SSSR count). The highest BCUT2D eigenvalue weighted by atomic mass is 16.3. The van der Waals surface area contributed by atoms with Gasteiger partial charge in [0.25, 0.3) is 0 Å². The van der Waals surface area contributed by atoms with Crippen LogP contribution in [0.5, 0.6) is 0 Å². The first-order chi connectivity index (χ1) is 10.1. The Morgan fingerprint density at radius 1 is 0.714 bits per heavy atom. The van der Waals surface area contributed by atoms with Gasteiger partial charge < -0.3 is 8.83 Å². The fraction of sp³-hybridized carbons (Fsp3) is 0.263. The molecule has 2 nitrogen and oxygen atoms in total. The summed E-state index contributed by atoms with van der Waals surface area (Å²) in [5.41, 5.74) is 3.68. The summed E-state index contributed by atoms with van der Waals surface area (Å²) in [5, 5.41) is 0. The van der Waals surface area contributed by atoms with E-state index < -0.39 is 0 Å². The van der Waals surface area contributed by atoms with E-state index in [0.717, 1.165) is 23.0 Å². The lowest BCUT2D eigenvalue weighted by Gasteiger charge is -2.16. The summed E-state index contributed by atoms with van der Waals surface area (Å²) in [6.45, 7) is 8.04. The second kappa shape index (κ2) is 5.28. The predicted octanol–water partition coefficient (Wildman–Crippen LogP) is 5.29. The summed E-state index contributed by atoms with van der Waals surface area (Å²) in [5.74, 6) is 3.99. The summed E-state index contributed by atoms with van der Waals surface area (Å²) in [4.78, 5) is 0. The average Bonchev–Trinajstić information content (AvgIpc) is 2.94. The molecule has 0 fully saturated rings. The van der Waals surface area contributed by atoms with Crippen LogP contribution in [0.1, 0.15) is 45.6 Å². The molecular weight excluding hydrogens is 260 g/mol. The van der Waals surface area contributed by atoms with Gasteiger partial charge in [0.05, 0.1) is 0 Å². The van der Waals surface area contributed by atoms with Crippen LogP contribution < -0.4 is 0 Å². The summed E-state index contributed by atoms with van der Waals surface area (Å²) in [6.07, 6.45) is 0. The van der Waals surface area contributed by atoms with Gasteiger partial charge in [-0.1, -0.05) is 30.3 Å². The number of furan rings is 2. The molecule has 2 heteroatoms. The first-order valence-electron chi connectivity index (χ1n) is 7.25. The minimum atomic E-state index is 0.154. The van der Waals surface area contributed by atoms with E-state index in [1.54, 1.807) is 0 Å². The quantitative estimate of drug-likeness (QED) is 0.652. The zero-order chi connectivity index (χ0) is 15.0. The van der Waals surface area contributed by atoms with Gasteiger partial charge in [-0.25, -0.2) is 0 Å². The Balaban J connectivity index is 2.21. The van der Waals surface area contributed by atoms with Crippen molar-refractivity contribution in [2.24, 2.45) is 0 Å². The van der Waals surface area contributed by atoms with Crippen molar-refractivity contribution in [2.45, 2.75) is 33.6 Å². The smallest absolute Gasteiger partial charge is 0.105 e. The zero-order valence-corrected chi connectivity index (χ0v) is 12.9. The van der Waals surface area contributed by atoms with E-state index in [1.807, 2.05) is 33.8 Å². The van der Waals surface area contributed by atoms with Gasteiger partial charge in [0.15, 0.2) is 0 Å². The molecule has 0 radical (unpaired) electrons. The minimum absolute atomic E-state index is 0.154. The number of rotatable bonds is 3. The zero-order valence-electron chi connectivity index (χ0n) is 12.9. The Labute approximate surface area is 125 Å². The molecule has 21 heavy (non-hydrogen) atoms. The molecule has 0 saturated heterocycles. The molecule has 2 heterocycles. The lowest BCUT2D eigenvalue weighted by atomic mass is 9.85. The predicted molar refractivity (Wildman–Crippen MR) is 83.8 cm³/mol. The van der Waals surface area contributed by atoms with Gasteiger partial charge in [0.2, 0.25) is 0 Å². The summed E-state index contributed by atoms with van der Waals surface area (Å²) < 4.78 is 11.5. The van der Waals surface area contributed by atoms with E-state index in [0.29, 0.717) is 0 Å². The molecule has 0 amide bonds. The van der Waals surface area contributed by atoms with E-state index in [-0.39, 0.29) is 5.92 Å². The van der Waals surface area contributed by atoms with Crippen LogP contribution in [0, 0.1) is 27.7 Å². The van der Waals surface area contributed by atoms with Gasteiger partial charge in [-0.05, 0) is 45.4 Å². The Morgan fingerprint density at radius 3 is 1.57 bits per heavy atom. The molecule has 108 valence electrons. The van der Waals surface area contributed by atoms with Crippen LogP contribution in [0.2, 0.25) is 0 Å². The number of aryl methyl sites for hydroxylation is 4. The van der Waals surface area contributed by atoms with Gasteiger partial charge in [0, 0.05) is 17.0 Å². The van der Waals surface area contributed by atoms with Crippen LogP contribution in [-0.4, -0.2) is 0 Å².